The average Bonchev–Trinajstić information content (AvgIpc) is 2.70. The van der Waals surface area contributed by atoms with Crippen LogP contribution in [0.15, 0.2) is 0 Å². The molecule has 0 aromatic rings. The molecule has 0 aromatic carbocycles. The van der Waals surface area contributed by atoms with Crippen LogP contribution in [0.2, 0.25) is 0 Å². The molecule has 0 bridgehead atoms. The van der Waals surface area contributed by atoms with Crippen molar-refractivity contribution < 1.29 is 14.7 Å². The maximum Gasteiger partial charge on any atom is 0.317 e. The third-order valence-corrected chi connectivity index (χ3v) is 5.04. The van der Waals surface area contributed by atoms with Gasteiger partial charge >= 0.3 is 12.0 Å². The summed E-state index contributed by atoms with van der Waals surface area (Å²) in [5, 5.41) is 12.2. The summed E-state index contributed by atoms with van der Waals surface area (Å²) in [6.07, 6.45) is 0. The summed E-state index contributed by atoms with van der Waals surface area (Å²) in [6.45, 7) is 10.3. The highest BCUT2D eigenvalue weighted by Gasteiger charge is 2.45. The van der Waals surface area contributed by atoms with E-state index in [9.17, 15) is 14.7 Å². The Balaban J connectivity index is 2.76. The maximum atomic E-state index is 12.4. The van der Waals surface area contributed by atoms with Gasteiger partial charge in [-0.1, -0.05) is 6.92 Å². The number of nitrogens with one attached hydrogen (secondary N) is 1. The molecule has 1 fully saturated rings. The van der Waals surface area contributed by atoms with Gasteiger partial charge in [-0.05, 0) is 47.7 Å². The molecule has 0 saturated carbocycles. The second-order valence-electron chi connectivity index (χ2n) is 7.40. The van der Waals surface area contributed by atoms with Crippen LogP contribution in [0.4, 0.5) is 4.79 Å². The number of aliphatic carboxylic acids is 1. The number of carbonyl (C=O) groups is 2. The minimum atomic E-state index is -1.05. The minimum Gasteiger partial charge on any atom is -0.481 e. The average molecular weight is 299 g/mol. The quantitative estimate of drug-likeness (QED) is 0.824. The molecule has 6 heteroatoms. The molecule has 0 spiro atoms. The van der Waals surface area contributed by atoms with Crippen molar-refractivity contribution in [3.05, 3.63) is 0 Å². The number of carboxylic acids is 1. The fourth-order valence-electron chi connectivity index (χ4n) is 2.56. The van der Waals surface area contributed by atoms with Crippen LogP contribution in [-0.4, -0.2) is 65.7 Å². The summed E-state index contributed by atoms with van der Waals surface area (Å²) >= 11 is 0. The first-order valence-electron chi connectivity index (χ1n) is 7.37. The highest BCUT2D eigenvalue weighted by Crippen LogP contribution is 2.31. The van der Waals surface area contributed by atoms with Crippen molar-refractivity contribution in [2.24, 2.45) is 11.3 Å². The summed E-state index contributed by atoms with van der Waals surface area (Å²) in [6, 6.07) is 0.150. The second-order valence-corrected chi connectivity index (χ2v) is 7.40. The van der Waals surface area contributed by atoms with E-state index in [2.05, 4.69) is 17.1 Å². The van der Waals surface area contributed by atoms with Crippen LogP contribution in [-0.2, 0) is 4.79 Å². The number of hydrogen-bond acceptors (Lipinski definition) is 3. The Morgan fingerprint density at radius 3 is 2.10 bits per heavy atom. The van der Waals surface area contributed by atoms with Gasteiger partial charge < -0.3 is 20.2 Å². The zero-order chi connectivity index (χ0) is 16.6. The number of nitrogens with zero attached hydrogens (tertiary/aromatic N) is 2. The number of urea groups is 1. The van der Waals surface area contributed by atoms with E-state index in [-0.39, 0.29) is 6.03 Å². The van der Waals surface area contributed by atoms with Crippen molar-refractivity contribution in [1.82, 2.24) is 15.1 Å². The largest absolute Gasteiger partial charge is 0.481 e. The SMILES string of the molecule is CC1CN(C(=O)NC(C)(C)C(C)(C)C(=O)O)CC1N(C)C. The van der Waals surface area contributed by atoms with E-state index in [1.165, 1.54) is 0 Å². The first kappa shape index (κ1) is 17.8. The predicted molar refractivity (Wildman–Crippen MR) is 82.2 cm³/mol. The van der Waals surface area contributed by atoms with Crippen molar-refractivity contribution >= 4 is 12.0 Å². The lowest BCUT2D eigenvalue weighted by Crippen LogP contribution is -2.59. The van der Waals surface area contributed by atoms with Gasteiger partial charge in [-0.2, -0.15) is 0 Å². The molecule has 1 rings (SSSR count). The molecule has 2 unspecified atom stereocenters. The molecular formula is C15H29N3O3. The number of hydrogen-bond donors (Lipinski definition) is 2. The Kier molecular flexibility index (Phi) is 4.93. The molecule has 6 nitrogen and oxygen atoms in total. The molecule has 0 radical (unpaired) electrons. The van der Waals surface area contributed by atoms with Crippen LogP contribution in [0.5, 0.6) is 0 Å². The van der Waals surface area contributed by atoms with Crippen LogP contribution in [0, 0.1) is 11.3 Å². The summed E-state index contributed by atoms with van der Waals surface area (Å²) in [5.74, 6) is -0.518. The highest BCUT2D eigenvalue weighted by molar-refractivity contribution is 5.80. The molecule has 1 aliphatic rings. The van der Waals surface area contributed by atoms with Crippen molar-refractivity contribution in [1.29, 1.82) is 0 Å². The first-order chi connectivity index (χ1) is 9.40. The van der Waals surface area contributed by atoms with E-state index >= 15 is 0 Å². The van der Waals surface area contributed by atoms with Gasteiger partial charge in [0.15, 0.2) is 0 Å². The molecule has 1 aliphatic heterocycles. The number of likely N-dealkylation sites (N-methyl/N-ethyl adjacent to an activating group) is 1. The molecule has 2 N–H and O–H groups in total. The number of rotatable bonds is 4. The Labute approximate surface area is 127 Å². The van der Waals surface area contributed by atoms with Crippen molar-refractivity contribution in [2.75, 3.05) is 27.2 Å². The first-order valence-corrected chi connectivity index (χ1v) is 7.37. The Morgan fingerprint density at radius 1 is 1.19 bits per heavy atom. The standard InChI is InChI=1S/C15H29N3O3/c1-10-8-18(9-11(10)17(6)7)13(21)16-15(4,5)14(2,3)12(19)20/h10-11H,8-9H2,1-7H3,(H,16,21)(H,19,20). The maximum absolute atomic E-state index is 12.4. The summed E-state index contributed by atoms with van der Waals surface area (Å²) < 4.78 is 0. The van der Waals surface area contributed by atoms with Crippen LogP contribution >= 0.6 is 0 Å². The topological polar surface area (TPSA) is 72.9 Å². The number of likely N-dealkylation sites (tertiary alicyclic amines) is 1. The van der Waals surface area contributed by atoms with Crippen molar-refractivity contribution in [2.45, 2.75) is 46.2 Å². The molecule has 1 heterocycles. The van der Waals surface area contributed by atoms with E-state index in [0.29, 0.717) is 25.0 Å². The van der Waals surface area contributed by atoms with Crippen LogP contribution in [0.1, 0.15) is 34.6 Å². The summed E-state index contributed by atoms with van der Waals surface area (Å²) in [4.78, 5) is 27.7. The Bertz CT molecular complexity index is 418. The van der Waals surface area contributed by atoms with Gasteiger partial charge in [0.1, 0.15) is 0 Å². The molecule has 2 atom stereocenters. The smallest absolute Gasteiger partial charge is 0.317 e. The third kappa shape index (κ3) is 3.48. The van der Waals surface area contributed by atoms with Crippen molar-refractivity contribution in [3.8, 4) is 0 Å². The third-order valence-electron chi connectivity index (χ3n) is 5.04. The number of carbonyl (C=O) groups excluding carboxylic acids is 1. The zero-order valence-corrected chi connectivity index (χ0v) is 14.2. The lowest BCUT2D eigenvalue weighted by atomic mass is 9.74. The molecule has 0 aromatic heterocycles. The van der Waals surface area contributed by atoms with E-state index in [4.69, 9.17) is 0 Å². The van der Waals surface area contributed by atoms with Crippen LogP contribution in [0.3, 0.4) is 0 Å². The fraction of sp³-hybridized carbons (Fsp3) is 0.867. The molecule has 0 aliphatic carbocycles. The number of carboxylic acid groups (broad SMARTS) is 1. The number of amides is 2. The minimum absolute atomic E-state index is 0.189. The van der Waals surface area contributed by atoms with Gasteiger partial charge in [-0.15, -0.1) is 0 Å². The summed E-state index contributed by atoms with van der Waals surface area (Å²) in [5.41, 5.74) is -1.88. The van der Waals surface area contributed by atoms with Gasteiger partial charge in [0.25, 0.3) is 0 Å². The van der Waals surface area contributed by atoms with Crippen molar-refractivity contribution in [3.63, 3.8) is 0 Å². The fourth-order valence-corrected chi connectivity index (χ4v) is 2.56. The van der Waals surface area contributed by atoms with Gasteiger partial charge in [-0.25, -0.2) is 4.79 Å². The van der Waals surface area contributed by atoms with E-state index in [1.807, 2.05) is 14.1 Å². The van der Waals surface area contributed by atoms with Crippen LogP contribution in [0.25, 0.3) is 0 Å². The van der Waals surface area contributed by atoms with Gasteiger partial charge in [0, 0.05) is 19.1 Å². The molecule has 21 heavy (non-hydrogen) atoms. The molecule has 1 saturated heterocycles. The molecular weight excluding hydrogens is 270 g/mol. The lowest BCUT2D eigenvalue weighted by molar-refractivity contribution is -0.150. The van der Waals surface area contributed by atoms with Gasteiger partial charge in [-0.3, -0.25) is 4.79 Å². The lowest BCUT2D eigenvalue weighted by Gasteiger charge is -2.39. The predicted octanol–water partition coefficient (Wildman–Crippen LogP) is 1.47. The highest BCUT2D eigenvalue weighted by atomic mass is 16.4. The molecule has 2 amide bonds. The molecule has 122 valence electrons. The van der Waals surface area contributed by atoms with E-state index < -0.39 is 16.9 Å². The second kappa shape index (κ2) is 5.83. The van der Waals surface area contributed by atoms with Crippen LogP contribution < -0.4 is 5.32 Å². The van der Waals surface area contributed by atoms with Gasteiger partial charge in [0.05, 0.1) is 11.0 Å². The Morgan fingerprint density at radius 2 is 1.71 bits per heavy atom. The van der Waals surface area contributed by atoms with E-state index in [1.54, 1.807) is 32.6 Å². The Hall–Kier alpha value is -1.30. The monoisotopic (exact) mass is 299 g/mol. The zero-order valence-electron chi connectivity index (χ0n) is 14.2. The van der Waals surface area contributed by atoms with E-state index in [0.717, 1.165) is 0 Å². The summed E-state index contributed by atoms with van der Waals surface area (Å²) in [7, 11) is 4.03. The normalized spacial score (nSPS) is 23.5. The van der Waals surface area contributed by atoms with Gasteiger partial charge in [0.2, 0.25) is 0 Å².